The fourth-order valence-electron chi connectivity index (χ4n) is 11.0. The van der Waals surface area contributed by atoms with Crippen LogP contribution in [-0.4, -0.2) is 0 Å². The van der Waals surface area contributed by atoms with Crippen molar-refractivity contribution >= 4 is 21.5 Å². The molecule has 0 saturated heterocycles. The van der Waals surface area contributed by atoms with Crippen LogP contribution >= 0.6 is 0 Å². The molecule has 0 radical (unpaired) electrons. The molecule has 0 fully saturated rings. The van der Waals surface area contributed by atoms with Crippen molar-refractivity contribution in [2.75, 3.05) is 0 Å². The van der Waals surface area contributed by atoms with Gasteiger partial charge in [-0.25, -0.2) is 0 Å². The average Bonchev–Trinajstić information content (AvgIpc) is 3.65. The highest BCUT2D eigenvalue weighted by Crippen LogP contribution is 2.63. The molecule has 0 saturated carbocycles. The van der Waals surface area contributed by atoms with Gasteiger partial charge in [0.05, 0.1) is 0 Å². The lowest BCUT2D eigenvalue weighted by atomic mass is 9.51. The summed E-state index contributed by atoms with van der Waals surface area (Å²) in [7, 11) is 0. The van der Waals surface area contributed by atoms with Gasteiger partial charge in [-0.05, 0) is 188 Å². The molecule has 6 aromatic rings. The molecule has 0 aliphatic heterocycles. The van der Waals surface area contributed by atoms with Crippen molar-refractivity contribution in [2.24, 2.45) is 23.7 Å². The van der Waals surface area contributed by atoms with Gasteiger partial charge in [-0.1, -0.05) is 128 Å². The zero-order chi connectivity index (χ0) is 37.5. The van der Waals surface area contributed by atoms with Crippen LogP contribution in [0.1, 0.15) is 129 Å². The van der Waals surface area contributed by atoms with E-state index in [1.165, 1.54) is 117 Å². The molecule has 0 heterocycles. The second kappa shape index (κ2) is 13.3. The van der Waals surface area contributed by atoms with Crippen LogP contribution in [0.2, 0.25) is 0 Å². The summed E-state index contributed by atoms with van der Waals surface area (Å²) in [5.41, 5.74) is 18.1. The molecule has 0 unspecified atom stereocenters. The van der Waals surface area contributed by atoms with Crippen LogP contribution in [0.3, 0.4) is 0 Å². The highest BCUT2D eigenvalue weighted by Gasteiger charge is 2.51. The first kappa shape index (κ1) is 35.5. The minimum atomic E-state index is -0.0617. The van der Waals surface area contributed by atoms with Gasteiger partial charge in [-0.15, -0.1) is 0 Å². The number of rotatable bonds is 12. The Morgan fingerprint density at radius 2 is 0.574 bits per heavy atom. The first-order valence-electron chi connectivity index (χ1n) is 21.5. The molecule has 3 aliphatic carbocycles. The van der Waals surface area contributed by atoms with Crippen molar-refractivity contribution in [1.82, 2.24) is 0 Å². The van der Waals surface area contributed by atoms with Gasteiger partial charge in [-0.2, -0.15) is 0 Å². The van der Waals surface area contributed by atoms with Gasteiger partial charge in [-0.3, -0.25) is 0 Å². The molecule has 3 aliphatic rings. The third kappa shape index (κ3) is 5.37. The fourth-order valence-corrected chi connectivity index (χ4v) is 11.0. The Morgan fingerprint density at radius 1 is 0.333 bits per heavy atom. The lowest BCUT2D eigenvalue weighted by Crippen LogP contribution is -2.44. The highest BCUT2D eigenvalue weighted by molar-refractivity contribution is 6.17. The van der Waals surface area contributed by atoms with Crippen molar-refractivity contribution in [3.8, 4) is 44.5 Å². The summed E-state index contributed by atoms with van der Waals surface area (Å²) < 4.78 is 0. The van der Waals surface area contributed by atoms with Gasteiger partial charge >= 0.3 is 0 Å². The summed E-state index contributed by atoms with van der Waals surface area (Å²) in [5.74, 6) is 2.56. The molecular formula is C54H60. The maximum atomic E-state index is 2.77. The Balaban J connectivity index is 1.43. The van der Waals surface area contributed by atoms with Gasteiger partial charge in [0.25, 0.3) is 0 Å². The molecule has 9 rings (SSSR count). The second-order valence-corrected chi connectivity index (χ2v) is 19.2. The van der Waals surface area contributed by atoms with Crippen molar-refractivity contribution in [2.45, 2.75) is 118 Å². The average molecular weight is 709 g/mol. The monoisotopic (exact) mass is 708 g/mol. The number of benzene rings is 6. The molecule has 276 valence electrons. The van der Waals surface area contributed by atoms with E-state index in [2.05, 4.69) is 152 Å². The quantitative estimate of drug-likeness (QED) is 0.119. The lowest BCUT2D eigenvalue weighted by Gasteiger charge is -2.52. The van der Waals surface area contributed by atoms with Crippen molar-refractivity contribution < 1.29 is 0 Å². The van der Waals surface area contributed by atoms with Crippen molar-refractivity contribution in [1.29, 1.82) is 0 Å². The van der Waals surface area contributed by atoms with E-state index in [4.69, 9.17) is 0 Å². The molecule has 0 nitrogen and oxygen atoms in total. The standard InChI is InChI=1S/C54H60/c1-33(2)21-25-53(26-22-34(3)4)47-29-43-39-17-9-13-37-15-11-19-41(51(37)39)45(43)31-49(47)54(27-23-35(5)6,28-24-36(7)8)50-32-46-42-20-12-16-38-14-10-18-40(52(38)42)44(46)30-48(50)53/h9-20,29-36H,21-28H2,1-8H3. The van der Waals surface area contributed by atoms with E-state index in [0.29, 0.717) is 23.7 Å². The SMILES string of the molecule is CC(C)CCC1(CCC(C)C)c2cc3c(cc2C(CCC(C)C)(CCC(C)C)c2cc4c(cc21)-c1cccc2cccc-4c12)-c1cccc2cccc-3c12. The van der Waals surface area contributed by atoms with Gasteiger partial charge in [0.1, 0.15) is 0 Å². The molecule has 54 heavy (non-hydrogen) atoms. The van der Waals surface area contributed by atoms with Crippen LogP contribution in [-0.2, 0) is 10.8 Å². The Labute approximate surface area is 325 Å². The Kier molecular flexibility index (Phi) is 8.72. The first-order chi connectivity index (χ1) is 26.0. The number of fused-ring (bicyclic) bond motifs is 8. The van der Waals surface area contributed by atoms with Crippen LogP contribution in [0.25, 0.3) is 66.1 Å². The first-order valence-corrected chi connectivity index (χ1v) is 21.5. The lowest BCUT2D eigenvalue weighted by molar-refractivity contribution is 0.301. The van der Waals surface area contributed by atoms with E-state index in [1.807, 2.05) is 0 Å². The van der Waals surface area contributed by atoms with E-state index >= 15 is 0 Å². The zero-order valence-corrected chi connectivity index (χ0v) is 34.2. The summed E-state index contributed by atoms with van der Waals surface area (Å²) in [6, 6.07) is 39.1. The summed E-state index contributed by atoms with van der Waals surface area (Å²) in [4.78, 5) is 0. The van der Waals surface area contributed by atoms with Gasteiger partial charge in [0.15, 0.2) is 0 Å². The van der Waals surface area contributed by atoms with E-state index < -0.39 is 0 Å². The van der Waals surface area contributed by atoms with Gasteiger partial charge in [0.2, 0.25) is 0 Å². The Hall–Kier alpha value is -4.16. The predicted molar refractivity (Wildman–Crippen MR) is 235 cm³/mol. The van der Waals surface area contributed by atoms with Crippen LogP contribution < -0.4 is 0 Å². The molecule has 0 aromatic heterocycles. The topological polar surface area (TPSA) is 0 Å². The van der Waals surface area contributed by atoms with Crippen molar-refractivity contribution in [3.05, 3.63) is 119 Å². The highest BCUT2D eigenvalue weighted by atomic mass is 14.5. The molecule has 0 bridgehead atoms. The zero-order valence-electron chi connectivity index (χ0n) is 34.2. The van der Waals surface area contributed by atoms with E-state index in [0.717, 1.165) is 0 Å². The fraction of sp³-hybridized carbons (Fsp3) is 0.407. The largest absolute Gasteiger partial charge is 0.0628 e. The second-order valence-electron chi connectivity index (χ2n) is 19.2. The maximum Gasteiger partial charge on any atom is 0.0209 e. The minimum absolute atomic E-state index is 0.0617. The van der Waals surface area contributed by atoms with Gasteiger partial charge in [0, 0.05) is 10.8 Å². The number of hydrogen-bond acceptors (Lipinski definition) is 0. The maximum absolute atomic E-state index is 2.77. The summed E-state index contributed by atoms with van der Waals surface area (Å²) in [5, 5.41) is 5.62. The van der Waals surface area contributed by atoms with Crippen LogP contribution in [0.15, 0.2) is 97.1 Å². The van der Waals surface area contributed by atoms with Crippen LogP contribution in [0, 0.1) is 23.7 Å². The minimum Gasteiger partial charge on any atom is -0.0628 e. The van der Waals surface area contributed by atoms with E-state index in [9.17, 15) is 0 Å². The Morgan fingerprint density at radius 3 is 0.796 bits per heavy atom. The summed E-state index contributed by atoms with van der Waals surface area (Å²) >= 11 is 0. The number of hydrogen-bond donors (Lipinski definition) is 0. The van der Waals surface area contributed by atoms with Gasteiger partial charge < -0.3 is 0 Å². The molecule has 6 aromatic carbocycles. The summed E-state index contributed by atoms with van der Waals surface area (Å²) in [6.07, 6.45) is 9.65. The predicted octanol–water partition coefficient (Wildman–Crippen LogP) is 15.9. The third-order valence-corrected chi connectivity index (χ3v) is 13.9. The molecule has 0 amide bonds. The van der Waals surface area contributed by atoms with Crippen LogP contribution in [0.4, 0.5) is 0 Å². The van der Waals surface area contributed by atoms with E-state index in [-0.39, 0.29) is 10.8 Å². The normalized spacial score (nSPS) is 15.5. The molecule has 0 spiro atoms. The Bertz CT molecular complexity index is 2080. The molecular weight excluding hydrogens is 649 g/mol. The third-order valence-electron chi connectivity index (χ3n) is 13.9. The summed E-state index contributed by atoms with van der Waals surface area (Å²) in [6.45, 7) is 19.5. The van der Waals surface area contributed by atoms with E-state index in [1.54, 1.807) is 22.3 Å². The molecule has 0 atom stereocenters. The molecule has 0 N–H and O–H groups in total. The molecule has 0 heteroatoms. The van der Waals surface area contributed by atoms with Crippen molar-refractivity contribution in [3.63, 3.8) is 0 Å². The van der Waals surface area contributed by atoms with Crippen LogP contribution in [0.5, 0.6) is 0 Å². The smallest absolute Gasteiger partial charge is 0.0209 e.